The minimum absolute atomic E-state index is 0.0990. The van der Waals surface area contributed by atoms with Crippen LogP contribution in [0.25, 0.3) is 5.69 Å². The summed E-state index contributed by atoms with van der Waals surface area (Å²) >= 11 is 0.994. The first kappa shape index (κ1) is 16.1. The molecule has 0 aliphatic carbocycles. The molecule has 2 amide bonds. The third kappa shape index (κ3) is 3.00. The Morgan fingerprint density at radius 3 is 2.71 bits per heavy atom. The molecule has 0 fully saturated rings. The third-order valence-electron chi connectivity index (χ3n) is 3.02. The molecule has 1 aromatic carbocycles. The second-order valence-electron chi connectivity index (χ2n) is 4.99. The van der Waals surface area contributed by atoms with E-state index in [2.05, 4.69) is 14.5 Å². The maximum atomic E-state index is 13.1. The number of aldehydes is 1. The van der Waals surface area contributed by atoms with Crippen LogP contribution in [0, 0.1) is 0 Å². The van der Waals surface area contributed by atoms with Crippen LogP contribution >= 0.6 is 11.3 Å². The molecular weight excluding hydrogens is 344 g/mol. The molecule has 2 heterocycles. The summed E-state index contributed by atoms with van der Waals surface area (Å²) in [5.74, 6) is -0.244. The minimum Gasteiger partial charge on any atom is -0.395 e. The third-order valence-corrected chi connectivity index (χ3v) is 3.93. The van der Waals surface area contributed by atoms with E-state index in [0.717, 1.165) is 11.3 Å². The van der Waals surface area contributed by atoms with E-state index in [1.54, 1.807) is 0 Å². The van der Waals surface area contributed by atoms with Gasteiger partial charge in [-0.15, -0.1) is 8.78 Å². The standard InChI is InChI=1S/C14H11F2N3O4S/c1-18(2)12(21)17-13-19(6-9(7-20)24-13)8-3-4-10-11(5-8)23-14(15,16)22-10/h3-7H,1-2H3/b17-13-. The molecule has 1 aromatic heterocycles. The molecule has 0 unspecified atom stereocenters. The van der Waals surface area contributed by atoms with E-state index in [-0.39, 0.29) is 16.3 Å². The Morgan fingerprint density at radius 2 is 2.04 bits per heavy atom. The minimum atomic E-state index is -3.72. The molecule has 2 aromatic rings. The van der Waals surface area contributed by atoms with E-state index in [1.165, 1.54) is 48.0 Å². The molecule has 0 saturated heterocycles. The molecule has 1 aliphatic heterocycles. The van der Waals surface area contributed by atoms with Gasteiger partial charge in [-0.3, -0.25) is 9.36 Å². The fourth-order valence-corrected chi connectivity index (χ4v) is 2.75. The maximum Gasteiger partial charge on any atom is 0.586 e. The van der Waals surface area contributed by atoms with Crippen LogP contribution < -0.4 is 14.3 Å². The van der Waals surface area contributed by atoms with Gasteiger partial charge in [-0.1, -0.05) is 11.3 Å². The van der Waals surface area contributed by atoms with Crippen molar-refractivity contribution in [3.05, 3.63) is 34.1 Å². The van der Waals surface area contributed by atoms with Crippen molar-refractivity contribution in [2.24, 2.45) is 4.99 Å². The van der Waals surface area contributed by atoms with Crippen LogP contribution in [-0.4, -0.2) is 42.2 Å². The highest BCUT2D eigenvalue weighted by molar-refractivity contribution is 7.11. The summed E-state index contributed by atoms with van der Waals surface area (Å²) in [6.45, 7) is 0. The zero-order valence-corrected chi connectivity index (χ0v) is 13.3. The van der Waals surface area contributed by atoms with Crippen molar-refractivity contribution in [2.75, 3.05) is 14.1 Å². The molecule has 0 radical (unpaired) electrons. The van der Waals surface area contributed by atoms with Crippen molar-refractivity contribution in [3.63, 3.8) is 0 Å². The molecule has 0 spiro atoms. The molecule has 0 atom stereocenters. The summed E-state index contributed by atoms with van der Waals surface area (Å²) in [5, 5.41) is 0. The van der Waals surface area contributed by atoms with Crippen molar-refractivity contribution in [2.45, 2.75) is 6.29 Å². The summed E-state index contributed by atoms with van der Waals surface area (Å²) in [4.78, 5) is 28.5. The van der Waals surface area contributed by atoms with E-state index in [9.17, 15) is 18.4 Å². The molecule has 10 heteroatoms. The molecule has 0 saturated carbocycles. The number of hydrogen-bond acceptors (Lipinski definition) is 5. The van der Waals surface area contributed by atoms with E-state index in [0.29, 0.717) is 16.9 Å². The number of carbonyl (C=O) groups excluding carboxylic acids is 2. The van der Waals surface area contributed by atoms with Crippen LogP contribution in [0.3, 0.4) is 0 Å². The first-order valence-corrected chi connectivity index (χ1v) is 7.45. The van der Waals surface area contributed by atoms with Gasteiger partial charge in [0.2, 0.25) is 0 Å². The fraction of sp³-hybridized carbons (Fsp3) is 0.214. The van der Waals surface area contributed by atoms with E-state index in [1.807, 2.05) is 0 Å². The Kier molecular flexibility index (Phi) is 3.84. The van der Waals surface area contributed by atoms with E-state index >= 15 is 0 Å². The van der Waals surface area contributed by atoms with Gasteiger partial charge < -0.3 is 14.4 Å². The summed E-state index contributed by atoms with van der Waals surface area (Å²) < 4.78 is 36.4. The lowest BCUT2D eigenvalue weighted by Crippen LogP contribution is -2.26. The number of fused-ring (bicyclic) bond motifs is 1. The van der Waals surface area contributed by atoms with Gasteiger partial charge in [0.15, 0.2) is 22.6 Å². The van der Waals surface area contributed by atoms with Gasteiger partial charge in [0.1, 0.15) is 0 Å². The van der Waals surface area contributed by atoms with Crippen molar-refractivity contribution >= 4 is 23.7 Å². The first-order valence-electron chi connectivity index (χ1n) is 6.63. The Balaban J connectivity index is 2.09. The summed E-state index contributed by atoms with van der Waals surface area (Å²) in [7, 11) is 3.07. The molecule has 7 nitrogen and oxygen atoms in total. The second kappa shape index (κ2) is 5.71. The van der Waals surface area contributed by atoms with Crippen molar-refractivity contribution in [1.82, 2.24) is 9.47 Å². The highest BCUT2D eigenvalue weighted by atomic mass is 32.1. The highest BCUT2D eigenvalue weighted by Crippen LogP contribution is 2.41. The number of carbonyl (C=O) groups is 2. The highest BCUT2D eigenvalue weighted by Gasteiger charge is 2.43. The van der Waals surface area contributed by atoms with Crippen molar-refractivity contribution in [3.8, 4) is 17.2 Å². The van der Waals surface area contributed by atoms with Gasteiger partial charge in [-0.25, -0.2) is 4.79 Å². The van der Waals surface area contributed by atoms with Crippen LogP contribution in [0.4, 0.5) is 13.6 Å². The van der Waals surface area contributed by atoms with Gasteiger partial charge in [-0.2, -0.15) is 4.99 Å². The number of thiazole rings is 1. The van der Waals surface area contributed by atoms with Crippen molar-refractivity contribution in [1.29, 1.82) is 0 Å². The molecule has 0 N–H and O–H groups in total. The molecule has 3 rings (SSSR count). The number of urea groups is 1. The number of rotatable bonds is 2. The number of alkyl halides is 2. The first-order chi connectivity index (χ1) is 11.3. The number of hydrogen-bond donors (Lipinski definition) is 0. The Labute approximate surface area is 138 Å². The Hall–Kier alpha value is -2.75. The number of ether oxygens (including phenoxy) is 2. The Bertz CT molecular complexity index is 888. The lowest BCUT2D eigenvalue weighted by atomic mass is 10.3. The zero-order valence-electron chi connectivity index (χ0n) is 12.5. The van der Waals surface area contributed by atoms with Crippen LogP contribution in [0.15, 0.2) is 29.4 Å². The molecule has 126 valence electrons. The average Bonchev–Trinajstić information content (AvgIpc) is 3.04. The van der Waals surface area contributed by atoms with Gasteiger partial charge in [-0.05, 0) is 12.1 Å². The topological polar surface area (TPSA) is 73.1 Å². The number of amides is 2. The van der Waals surface area contributed by atoms with E-state index in [4.69, 9.17) is 0 Å². The zero-order chi connectivity index (χ0) is 17.5. The molecule has 24 heavy (non-hydrogen) atoms. The smallest absolute Gasteiger partial charge is 0.395 e. The number of halogens is 2. The predicted molar refractivity (Wildman–Crippen MR) is 79.9 cm³/mol. The van der Waals surface area contributed by atoms with Crippen LogP contribution in [0.1, 0.15) is 9.67 Å². The van der Waals surface area contributed by atoms with Gasteiger partial charge in [0.05, 0.1) is 10.6 Å². The molecule has 1 aliphatic rings. The average molecular weight is 355 g/mol. The van der Waals surface area contributed by atoms with Gasteiger partial charge >= 0.3 is 12.3 Å². The summed E-state index contributed by atoms with van der Waals surface area (Å²) in [6.07, 6.45) is -1.65. The van der Waals surface area contributed by atoms with E-state index < -0.39 is 12.3 Å². The monoisotopic (exact) mass is 355 g/mol. The number of aromatic nitrogens is 1. The SMILES string of the molecule is CN(C)C(=O)/N=c1\sc(C=O)cn1-c1ccc2c(c1)OC(F)(F)O2. The molecular formula is C14H11F2N3O4S. The van der Waals surface area contributed by atoms with Crippen LogP contribution in [0.2, 0.25) is 0 Å². The second-order valence-corrected chi connectivity index (χ2v) is 6.03. The Morgan fingerprint density at radius 1 is 1.33 bits per heavy atom. The quantitative estimate of drug-likeness (QED) is 0.775. The summed E-state index contributed by atoms with van der Waals surface area (Å²) in [6, 6.07) is 3.60. The number of benzene rings is 1. The normalized spacial score (nSPS) is 15.4. The number of nitrogens with zero attached hydrogens (tertiary/aromatic N) is 3. The lowest BCUT2D eigenvalue weighted by molar-refractivity contribution is -0.286. The van der Waals surface area contributed by atoms with Crippen LogP contribution in [-0.2, 0) is 0 Å². The van der Waals surface area contributed by atoms with Gasteiger partial charge in [0.25, 0.3) is 0 Å². The van der Waals surface area contributed by atoms with Gasteiger partial charge in [0, 0.05) is 26.4 Å². The summed E-state index contributed by atoms with van der Waals surface area (Å²) in [5.41, 5.74) is 0.393. The largest absolute Gasteiger partial charge is 0.586 e. The fourth-order valence-electron chi connectivity index (χ4n) is 1.95. The predicted octanol–water partition coefficient (Wildman–Crippen LogP) is 2.26. The van der Waals surface area contributed by atoms with Crippen LogP contribution in [0.5, 0.6) is 11.5 Å². The lowest BCUT2D eigenvalue weighted by Gasteiger charge is -2.06. The molecule has 0 bridgehead atoms. The van der Waals surface area contributed by atoms with Crippen molar-refractivity contribution < 1.29 is 27.8 Å². The maximum absolute atomic E-state index is 13.1.